The van der Waals surface area contributed by atoms with E-state index >= 15 is 0 Å². The summed E-state index contributed by atoms with van der Waals surface area (Å²) < 4.78 is 5.36. The first-order valence-corrected chi connectivity index (χ1v) is 11.4. The Kier molecular flexibility index (Phi) is 7.65. The molecular formula is C27H29N3O4. The van der Waals surface area contributed by atoms with Gasteiger partial charge >= 0.3 is 6.09 Å². The van der Waals surface area contributed by atoms with Crippen LogP contribution >= 0.6 is 0 Å². The zero-order chi connectivity index (χ0) is 23.8. The summed E-state index contributed by atoms with van der Waals surface area (Å²) in [6, 6.07) is 25.4. The summed E-state index contributed by atoms with van der Waals surface area (Å²) in [7, 11) is 0. The number of para-hydroxylation sites is 1. The molecule has 4 rings (SSSR count). The van der Waals surface area contributed by atoms with Gasteiger partial charge in [-0.3, -0.25) is 4.79 Å². The summed E-state index contributed by atoms with van der Waals surface area (Å²) >= 11 is 0. The summed E-state index contributed by atoms with van der Waals surface area (Å²) in [4.78, 5) is 30.0. The normalized spacial score (nSPS) is 14.4. The Bertz CT molecular complexity index is 1070. The summed E-state index contributed by atoms with van der Waals surface area (Å²) in [6.45, 7) is 2.71. The lowest BCUT2D eigenvalue weighted by molar-refractivity contribution is -0.133. The van der Waals surface area contributed by atoms with Crippen molar-refractivity contribution in [2.24, 2.45) is 0 Å². The molecular weight excluding hydrogens is 430 g/mol. The number of rotatable bonds is 7. The number of piperazine rings is 1. The number of benzene rings is 3. The van der Waals surface area contributed by atoms with Crippen LogP contribution in [0.25, 0.3) is 0 Å². The van der Waals surface area contributed by atoms with Crippen LogP contribution in [0.3, 0.4) is 0 Å². The highest BCUT2D eigenvalue weighted by Crippen LogP contribution is 2.17. The standard InChI is InChI=1S/C27H29N3O4/c31-24-13-11-21(12-14-24)19-25(28-27(33)34-20-22-7-3-1-4-8-22)26(32)30-17-15-29(16-18-30)23-9-5-2-6-10-23/h1-14,25,31H,15-20H2,(H,28,33). The molecule has 1 unspecified atom stereocenters. The summed E-state index contributed by atoms with van der Waals surface area (Å²) in [5.41, 5.74) is 2.84. The number of anilines is 1. The molecule has 2 N–H and O–H groups in total. The molecule has 1 aliphatic heterocycles. The van der Waals surface area contributed by atoms with E-state index in [4.69, 9.17) is 4.74 Å². The number of carbonyl (C=O) groups excluding carboxylic acids is 2. The van der Waals surface area contributed by atoms with Crippen molar-refractivity contribution < 1.29 is 19.4 Å². The molecule has 2 amide bonds. The predicted molar refractivity (Wildman–Crippen MR) is 131 cm³/mol. The van der Waals surface area contributed by atoms with Gasteiger partial charge < -0.3 is 25.0 Å². The van der Waals surface area contributed by atoms with Gasteiger partial charge in [-0.25, -0.2) is 4.79 Å². The minimum absolute atomic E-state index is 0.128. The van der Waals surface area contributed by atoms with E-state index < -0.39 is 12.1 Å². The third-order valence-corrected chi connectivity index (χ3v) is 5.89. The molecule has 0 spiro atoms. The second kappa shape index (κ2) is 11.2. The van der Waals surface area contributed by atoms with Gasteiger partial charge in [0.1, 0.15) is 18.4 Å². The van der Waals surface area contributed by atoms with Crippen LogP contribution in [0, 0.1) is 0 Å². The van der Waals surface area contributed by atoms with Crippen molar-refractivity contribution >= 4 is 17.7 Å². The van der Waals surface area contributed by atoms with Gasteiger partial charge in [0.2, 0.25) is 5.91 Å². The largest absolute Gasteiger partial charge is 0.508 e. The average molecular weight is 460 g/mol. The van der Waals surface area contributed by atoms with E-state index in [2.05, 4.69) is 22.3 Å². The van der Waals surface area contributed by atoms with Crippen molar-refractivity contribution in [1.82, 2.24) is 10.2 Å². The minimum Gasteiger partial charge on any atom is -0.508 e. The average Bonchev–Trinajstić information content (AvgIpc) is 2.89. The number of aromatic hydroxyl groups is 1. The summed E-state index contributed by atoms with van der Waals surface area (Å²) in [5, 5.41) is 12.3. The number of alkyl carbamates (subject to hydrolysis) is 1. The van der Waals surface area contributed by atoms with Crippen LogP contribution in [-0.4, -0.2) is 54.2 Å². The van der Waals surface area contributed by atoms with Crippen LogP contribution in [0.4, 0.5) is 10.5 Å². The number of nitrogens with one attached hydrogen (secondary N) is 1. The van der Waals surface area contributed by atoms with Gasteiger partial charge in [-0.15, -0.1) is 0 Å². The van der Waals surface area contributed by atoms with E-state index in [1.54, 1.807) is 29.2 Å². The van der Waals surface area contributed by atoms with Gasteiger partial charge in [0, 0.05) is 38.3 Å². The highest BCUT2D eigenvalue weighted by atomic mass is 16.5. The third kappa shape index (κ3) is 6.28. The summed E-state index contributed by atoms with van der Waals surface area (Å²) in [5.74, 6) is 0.0105. The monoisotopic (exact) mass is 459 g/mol. The zero-order valence-corrected chi connectivity index (χ0v) is 19.0. The molecule has 1 aliphatic rings. The van der Waals surface area contributed by atoms with Crippen molar-refractivity contribution in [2.45, 2.75) is 19.1 Å². The molecule has 34 heavy (non-hydrogen) atoms. The molecule has 3 aromatic carbocycles. The molecule has 0 radical (unpaired) electrons. The highest BCUT2D eigenvalue weighted by Gasteiger charge is 2.29. The molecule has 0 saturated carbocycles. The number of hydrogen-bond acceptors (Lipinski definition) is 5. The Hall–Kier alpha value is -4.00. The van der Waals surface area contributed by atoms with Gasteiger partial charge in [0.05, 0.1) is 0 Å². The fraction of sp³-hybridized carbons (Fsp3) is 0.259. The Balaban J connectivity index is 1.40. The smallest absolute Gasteiger partial charge is 0.408 e. The molecule has 7 heteroatoms. The van der Waals surface area contributed by atoms with Crippen LogP contribution in [0.5, 0.6) is 5.75 Å². The topological polar surface area (TPSA) is 82.1 Å². The molecule has 1 heterocycles. The highest BCUT2D eigenvalue weighted by molar-refractivity contribution is 5.86. The maximum Gasteiger partial charge on any atom is 0.408 e. The van der Waals surface area contributed by atoms with Crippen molar-refractivity contribution in [3.8, 4) is 5.75 Å². The van der Waals surface area contributed by atoms with Gasteiger partial charge in [0.15, 0.2) is 0 Å². The fourth-order valence-electron chi connectivity index (χ4n) is 4.02. The first kappa shape index (κ1) is 23.2. The predicted octanol–water partition coefficient (Wildman–Crippen LogP) is 3.58. The zero-order valence-electron chi connectivity index (χ0n) is 19.0. The first-order chi connectivity index (χ1) is 16.6. The lowest BCUT2D eigenvalue weighted by atomic mass is 10.0. The Morgan fingerprint density at radius 3 is 2.09 bits per heavy atom. The minimum atomic E-state index is -0.768. The maximum absolute atomic E-state index is 13.4. The SMILES string of the molecule is O=C(NC(Cc1ccc(O)cc1)C(=O)N1CCN(c2ccccc2)CC1)OCc1ccccc1. The van der Waals surface area contributed by atoms with E-state index in [0.717, 1.165) is 29.9 Å². The molecule has 0 aliphatic carbocycles. The number of ether oxygens (including phenoxy) is 1. The van der Waals surface area contributed by atoms with Crippen LogP contribution in [0.2, 0.25) is 0 Å². The van der Waals surface area contributed by atoms with Gasteiger partial charge in [-0.1, -0.05) is 60.7 Å². The number of carbonyl (C=O) groups is 2. The van der Waals surface area contributed by atoms with Crippen molar-refractivity contribution in [3.63, 3.8) is 0 Å². The molecule has 1 fully saturated rings. The quantitative estimate of drug-likeness (QED) is 0.565. The molecule has 3 aromatic rings. The number of phenolic OH excluding ortho intramolecular Hbond substituents is 1. The number of nitrogens with zero attached hydrogens (tertiary/aromatic N) is 2. The lowest BCUT2D eigenvalue weighted by Crippen LogP contribution is -2.55. The van der Waals surface area contributed by atoms with E-state index in [1.807, 2.05) is 48.5 Å². The lowest BCUT2D eigenvalue weighted by Gasteiger charge is -2.37. The fourth-order valence-corrected chi connectivity index (χ4v) is 4.02. The molecule has 176 valence electrons. The molecule has 1 saturated heterocycles. The number of hydrogen-bond donors (Lipinski definition) is 2. The van der Waals surface area contributed by atoms with Crippen molar-refractivity contribution in [3.05, 3.63) is 96.1 Å². The number of phenols is 1. The second-order valence-corrected chi connectivity index (χ2v) is 8.28. The molecule has 0 bridgehead atoms. The number of amides is 2. The Labute approximate surface area is 199 Å². The van der Waals surface area contributed by atoms with Crippen LogP contribution in [0.1, 0.15) is 11.1 Å². The third-order valence-electron chi connectivity index (χ3n) is 5.89. The van der Waals surface area contributed by atoms with Gasteiger partial charge in [-0.05, 0) is 35.4 Å². The van der Waals surface area contributed by atoms with Crippen molar-refractivity contribution in [2.75, 3.05) is 31.1 Å². The van der Waals surface area contributed by atoms with Crippen molar-refractivity contribution in [1.29, 1.82) is 0 Å². The van der Waals surface area contributed by atoms with E-state index in [9.17, 15) is 14.7 Å². The Morgan fingerprint density at radius 2 is 1.44 bits per heavy atom. The summed E-state index contributed by atoms with van der Waals surface area (Å²) in [6.07, 6.45) is -0.331. The van der Waals surface area contributed by atoms with E-state index in [1.165, 1.54) is 0 Å². The molecule has 1 atom stereocenters. The molecule has 0 aromatic heterocycles. The first-order valence-electron chi connectivity index (χ1n) is 11.4. The van der Waals surface area contributed by atoms with Gasteiger partial charge in [0.25, 0.3) is 0 Å². The Morgan fingerprint density at radius 1 is 0.824 bits per heavy atom. The van der Waals surface area contributed by atoms with E-state index in [0.29, 0.717) is 19.5 Å². The van der Waals surface area contributed by atoms with Crippen LogP contribution < -0.4 is 10.2 Å². The maximum atomic E-state index is 13.4. The second-order valence-electron chi connectivity index (χ2n) is 8.28. The van der Waals surface area contributed by atoms with Crippen LogP contribution in [-0.2, 0) is 22.6 Å². The van der Waals surface area contributed by atoms with Crippen LogP contribution in [0.15, 0.2) is 84.9 Å². The van der Waals surface area contributed by atoms with E-state index in [-0.39, 0.29) is 18.3 Å². The van der Waals surface area contributed by atoms with Gasteiger partial charge in [-0.2, -0.15) is 0 Å². The molecule has 7 nitrogen and oxygen atoms in total.